The predicted molar refractivity (Wildman–Crippen MR) is 72.6 cm³/mol. The number of aliphatic carboxylic acids is 1. The molecular weight excluding hydrogens is 262 g/mol. The van der Waals surface area contributed by atoms with E-state index in [2.05, 4.69) is 15.5 Å². The van der Waals surface area contributed by atoms with Crippen LogP contribution in [0, 0.1) is 0 Å². The Balaban J connectivity index is 1.53. The van der Waals surface area contributed by atoms with E-state index in [1.54, 1.807) is 0 Å². The molecule has 0 radical (unpaired) electrons. The molecule has 3 N–H and O–H groups in total. The number of rotatable bonds is 6. The number of hydrogen-bond acceptors (Lipinski definition) is 4. The Bertz CT molecular complexity index is 345. The summed E-state index contributed by atoms with van der Waals surface area (Å²) in [6, 6.07) is -0.216. The van der Waals surface area contributed by atoms with E-state index >= 15 is 0 Å². The molecule has 7 nitrogen and oxygen atoms in total. The molecule has 0 aromatic rings. The summed E-state index contributed by atoms with van der Waals surface area (Å²) in [5.41, 5.74) is 0. The second-order valence-corrected chi connectivity index (χ2v) is 5.35. The van der Waals surface area contributed by atoms with Crippen molar-refractivity contribution in [3.63, 3.8) is 0 Å². The smallest absolute Gasteiger partial charge is 0.332 e. The van der Waals surface area contributed by atoms with E-state index in [0.717, 1.165) is 19.6 Å². The minimum absolute atomic E-state index is 0.194. The van der Waals surface area contributed by atoms with Crippen LogP contribution < -0.4 is 10.6 Å². The molecule has 2 aliphatic rings. The van der Waals surface area contributed by atoms with Crippen LogP contribution in [-0.2, 0) is 9.53 Å². The molecule has 2 unspecified atom stereocenters. The molecule has 2 aliphatic heterocycles. The van der Waals surface area contributed by atoms with Crippen LogP contribution in [0.2, 0.25) is 0 Å². The van der Waals surface area contributed by atoms with Gasteiger partial charge in [-0.2, -0.15) is 0 Å². The average Bonchev–Trinajstić information content (AvgIpc) is 3.07. The van der Waals surface area contributed by atoms with Crippen molar-refractivity contribution in [2.24, 2.45) is 0 Å². The van der Waals surface area contributed by atoms with Crippen molar-refractivity contribution in [2.75, 3.05) is 32.7 Å². The SMILES string of the molecule is O=C(NCCN1CCCC1)NCC1CCC(C(=O)O)O1. The lowest BCUT2D eigenvalue weighted by Gasteiger charge is -2.16. The first-order valence-electron chi connectivity index (χ1n) is 7.27. The highest BCUT2D eigenvalue weighted by atomic mass is 16.5. The van der Waals surface area contributed by atoms with Gasteiger partial charge in [-0.3, -0.25) is 0 Å². The Morgan fingerprint density at radius 1 is 1.20 bits per heavy atom. The van der Waals surface area contributed by atoms with Crippen molar-refractivity contribution in [1.82, 2.24) is 15.5 Å². The Labute approximate surface area is 118 Å². The van der Waals surface area contributed by atoms with Gasteiger partial charge in [0.25, 0.3) is 0 Å². The summed E-state index contributed by atoms with van der Waals surface area (Å²) < 4.78 is 5.31. The highest BCUT2D eigenvalue weighted by Gasteiger charge is 2.30. The molecule has 2 saturated heterocycles. The third kappa shape index (κ3) is 4.64. The van der Waals surface area contributed by atoms with Crippen LogP contribution in [0.1, 0.15) is 25.7 Å². The van der Waals surface area contributed by atoms with Crippen LogP contribution in [-0.4, -0.2) is 66.9 Å². The molecule has 0 spiro atoms. The van der Waals surface area contributed by atoms with Crippen molar-refractivity contribution in [2.45, 2.75) is 37.9 Å². The van der Waals surface area contributed by atoms with Gasteiger partial charge in [-0.15, -0.1) is 0 Å². The lowest BCUT2D eigenvalue weighted by atomic mass is 10.2. The summed E-state index contributed by atoms with van der Waals surface area (Å²) in [4.78, 5) is 24.6. The summed E-state index contributed by atoms with van der Waals surface area (Å²) in [7, 11) is 0. The molecule has 20 heavy (non-hydrogen) atoms. The van der Waals surface area contributed by atoms with Crippen molar-refractivity contribution in [3.05, 3.63) is 0 Å². The largest absolute Gasteiger partial charge is 0.479 e. The first kappa shape index (κ1) is 15.1. The minimum atomic E-state index is -0.928. The van der Waals surface area contributed by atoms with Gasteiger partial charge in [0.1, 0.15) is 0 Å². The number of hydrogen-bond donors (Lipinski definition) is 3. The number of ether oxygens (including phenoxy) is 1. The average molecular weight is 285 g/mol. The number of carbonyl (C=O) groups is 2. The third-order valence-electron chi connectivity index (χ3n) is 3.79. The van der Waals surface area contributed by atoms with Crippen LogP contribution in [0.5, 0.6) is 0 Å². The fourth-order valence-electron chi connectivity index (χ4n) is 2.64. The van der Waals surface area contributed by atoms with E-state index < -0.39 is 12.1 Å². The van der Waals surface area contributed by atoms with E-state index in [9.17, 15) is 9.59 Å². The third-order valence-corrected chi connectivity index (χ3v) is 3.79. The molecule has 2 rings (SSSR count). The standard InChI is InChI=1S/C13H23N3O4/c17-12(18)11-4-3-10(20-11)9-15-13(19)14-5-8-16-6-1-2-7-16/h10-11H,1-9H2,(H,17,18)(H2,14,15,19). The zero-order valence-corrected chi connectivity index (χ0v) is 11.6. The maximum atomic E-state index is 11.6. The molecule has 2 heterocycles. The van der Waals surface area contributed by atoms with Gasteiger partial charge < -0.3 is 25.4 Å². The predicted octanol–water partition coefficient (Wildman–Crippen LogP) is 0.0136. The van der Waals surface area contributed by atoms with Gasteiger partial charge in [0.15, 0.2) is 6.10 Å². The van der Waals surface area contributed by atoms with Crippen LogP contribution in [0.15, 0.2) is 0 Å². The second-order valence-electron chi connectivity index (χ2n) is 5.35. The number of carbonyl (C=O) groups excluding carboxylic acids is 1. The zero-order chi connectivity index (χ0) is 14.4. The highest BCUT2D eigenvalue weighted by Crippen LogP contribution is 2.19. The van der Waals surface area contributed by atoms with Gasteiger partial charge in [-0.1, -0.05) is 0 Å². The van der Waals surface area contributed by atoms with Gasteiger partial charge in [0.2, 0.25) is 0 Å². The fraction of sp³-hybridized carbons (Fsp3) is 0.846. The molecule has 2 atom stereocenters. The molecule has 0 aromatic carbocycles. The maximum Gasteiger partial charge on any atom is 0.332 e. The maximum absolute atomic E-state index is 11.6. The fourth-order valence-corrected chi connectivity index (χ4v) is 2.64. The lowest BCUT2D eigenvalue weighted by Crippen LogP contribution is -2.42. The molecule has 7 heteroatoms. The Kier molecular flexibility index (Phi) is 5.60. The monoisotopic (exact) mass is 285 g/mol. The van der Waals surface area contributed by atoms with Crippen LogP contribution >= 0.6 is 0 Å². The van der Waals surface area contributed by atoms with Crippen molar-refractivity contribution < 1.29 is 19.4 Å². The molecule has 2 amide bonds. The van der Waals surface area contributed by atoms with Gasteiger partial charge in [0.05, 0.1) is 6.10 Å². The summed E-state index contributed by atoms with van der Waals surface area (Å²) in [6.45, 7) is 4.12. The molecule has 0 aromatic heterocycles. The van der Waals surface area contributed by atoms with Crippen molar-refractivity contribution in [3.8, 4) is 0 Å². The Morgan fingerprint density at radius 3 is 2.60 bits per heavy atom. The molecule has 2 fully saturated rings. The van der Waals surface area contributed by atoms with Crippen LogP contribution in [0.25, 0.3) is 0 Å². The van der Waals surface area contributed by atoms with Gasteiger partial charge in [-0.25, -0.2) is 9.59 Å². The van der Waals surface area contributed by atoms with Crippen LogP contribution in [0.3, 0.4) is 0 Å². The first-order chi connectivity index (χ1) is 9.65. The van der Waals surface area contributed by atoms with E-state index in [4.69, 9.17) is 9.84 Å². The number of urea groups is 1. The lowest BCUT2D eigenvalue weighted by molar-refractivity contribution is -0.149. The highest BCUT2D eigenvalue weighted by molar-refractivity contribution is 5.74. The Morgan fingerprint density at radius 2 is 1.95 bits per heavy atom. The Hall–Kier alpha value is -1.34. The molecular formula is C13H23N3O4. The number of carboxylic acids is 1. The first-order valence-corrected chi connectivity index (χ1v) is 7.27. The normalized spacial score (nSPS) is 26.6. The second kappa shape index (κ2) is 7.44. The van der Waals surface area contributed by atoms with E-state index in [1.165, 1.54) is 12.8 Å². The number of nitrogens with zero attached hydrogens (tertiary/aromatic N) is 1. The summed E-state index contributed by atoms with van der Waals surface area (Å²) in [5, 5.41) is 14.3. The van der Waals surface area contributed by atoms with Gasteiger partial charge >= 0.3 is 12.0 Å². The minimum Gasteiger partial charge on any atom is -0.479 e. The molecule has 114 valence electrons. The number of carboxylic acid groups (broad SMARTS) is 1. The van der Waals surface area contributed by atoms with E-state index in [1.807, 2.05) is 0 Å². The summed E-state index contributed by atoms with van der Waals surface area (Å²) in [6.07, 6.45) is 2.76. The molecule has 0 aliphatic carbocycles. The van der Waals surface area contributed by atoms with Crippen LogP contribution in [0.4, 0.5) is 4.79 Å². The number of likely N-dealkylation sites (tertiary alicyclic amines) is 1. The topological polar surface area (TPSA) is 90.9 Å². The van der Waals surface area contributed by atoms with Gasteiger partial charge in [-0.05, 0) is 38.8 Å². The van der Waals surface area contributed by atoms with Gasteiger partial charge in [0, 0.05) is 19.6 Å². The number of amides is 2. The van der Waals surface area contributed by atoms with Crippen molar-refractivity contribution >= 4 is 12.0 Å². The summed E-state index contributed by atoms with van der Waals surface area (Å²) >= 11 is 0. The van der Waals surface area contributed by atoms with E-state index in [0.29, 0.717) is 25.9 Å². The number of nitrogens with one attached hydrogen (secondary N) is 2. The van der Waals surface area contributed by atoms with Crippen molar-refractivity contribution in [1.29, 1.82) is 0 Å². The van der Waals surface area contributed by atoms with E-state index in [-0.39, 0.29) is 12.1 Å². The zero-order valence-electron chi connectivity index (χ0n) is 11.6. The molecule has 0 bridgehead atoms. The quantitative estimate of drug-likeness (QED) is 0.640. The summed E-state index contributed by atoms with van der Waals surface area (Å²) in [5.74, 6) is -0.928. The molecule has 0 saturated carbocycles.